The van der Waals surface area contributed by atoms with Crippen molar-refractivity contribution in [1.29, 1.82) is 0 Å². The van der Waals surface area contributed by atoms with Gasteiger partial charge >= 0.3 is 0 Å². The largest absolute Gasteiger partial charge is 0.228 e. The van der Waals surface area contributed by atoms with Gasteiger partial charge in [0.05, 0.1) is 11.4 Å². The van der Waals surface area contributed by atoms with Gasteiger partial charge in [-0.2, -0.15) is 0 Å². The van der Waals surface area contributed by atoms with Gasteiger partial charge in [-0.1, -0.05) is 97.1 Å². The van der Waals surface area contributed by atoms with Gasteiger partial charge in [0.15, 0.2) is 5.82 Å². The van der Waals surface area contributed by atoms with Gasteiger partial charge in [0, 0.05) is 21.2 Å². The van der Waals surface area contributed by atoms with Gasteiger partial charge in [-0.3, -0.25) is 0 Å². The highest BCUT2D eigenvalue weighted by Gasteiger charge is 2.13. The summed E-state index contributed by atoms with van der Waals surface area (Å²) in [4.78, 5) is 9.79. The monoisotopic (exact) mass is 436 g/mol. The van der Waals surface area contributed by atoms with Crippen molar-refractivity contribution in [3.05, 3.63) is 108 Å². The van der Waals surface area contributed by atoms with E-state index in [1.165, 1.54) is 10.8 Å². The van der Waals surface area contributed by atoms with Crippen molar-refractivity contribution >= 4 is 26.7 Å². The highest BCUT2D eigenvalue weighted by atomic mass is 79.9. The van der Waals surface area contributed by atoms with E-state index in [-0.39, 0.29) is 0 Å². The Hall–Kier alpha value is -3.30. The minimum atomic E-state index is 0.724. The number of nitrogens with zero attached hydrogens (tertiary/aromatic N) is 2. The number of hydrogen-bond donors (Lipinski definition) is 0. The maximum Gasteiger partial charge on any atom is 0.160 e. The number of halogens is 1. The molecule has 5 aromatic rings. The first-order chi connectivity index (χ1) is 14.3. The molecule has 1 aromatic heterocycles. The molecule has 0 aliphatic heterocycles. The first-order valence-electron chi connectivity index (χ1n) is 9.47. The summed E-state index contributed by atoms with van der Waals surface area (Å²) in [5, 5.41) is 2.37. The minimum absolute atomic E-state index is 0.724. The van der Waals surface area contributed by atoms with Crippen molar-refractivity contribution in [3.63, 3.8) is 0 Å². The van der Waals surface area contributed by atoms with E-state index in [2.05, 4.69) is 70.5 Å². The molecule has 5 rings (SSSR count). The maximum absolute atomic E-state index is 4.93. The second-order valence-corrected chi connectivity index (χ2v) is 7.64. The molecule has 0 aliphatic carbocycles. The summed E-state index contributed by atoms with van der Waals surface area (Å²) in [5.41, 5.74) is 4.94. The van der Waals surface area contributed by atoms with E-state index in [4.69, 9.17) is 9.97 Å². The van der Waals surface area contributed by atoms with Crippen LogP contribution in [0.1, 0.15) is 0 Å². The van der Waals surface area contributed by atoms with E-state index < -0.39 is 0 Å². The van der Waals surface area contributed by atoms with E-state index in [0.29, 0.717) is 0 Å². The second kappa shape index (κ2) is 7.61. The molecule has 0 aliphatic rings. The summed E-state index contributed by atoms with van der Waals surface area (Å²) < 4.78 is 1.05. The molecule has 3 heteroatoms. The summed E-state index contributed by atoms with van der Waals surface area (Å²) in [6, 6.07) is 35.1. The fourth-order valence-electron chi connectivity index (χ4n) is 3.49. The van der Waals surface area contributed by atoms with Crippen LogP contribution in [0.5, 0.6) is 0 Å². The molecular formula is C26H17BrN2. The fraction of sp³-hybridized carbons (Fsp3) is 0. The lowest BCUT2D eigenvalue weighted by molar-refractivity contribution is 1.18. The van der Waals surface area contributed by atoms with Gasteiger partial charge in [-0.25, -0.2) is 9.97 Å². The number of hydrogen-bond acceptors (Lipinski definition) is 2. The summed E-state index contributed by atoms with van der Waals surface area (Å²) in [5.74, 6) is 0.724. The smallest absolute Gasteiger partial charge is 0.160 e. The Morgan fingerprint density at radius 3 is 1.93 bits per heavy atom. The average Bonchev–Trinajstić information content (AvgIpc) is 2.80. The third kappa shape index (κ3) is 3.45. The van der Waals surface area contributed by atoms with E-state index >= 15 is 0 Å². The zero-order valence-electron chi connectivity index (χ0n) is 15.6. The second-order valence-electron chi connectivity index (χ2n) is 6.84. The summed E-state index contributed by atoms with van der Waals surface area (Å²) in [6.45, 7) is 0. The Morgan fingerprint density at radius 2 is 1.17 bits per heavy atom. The molecule has 2 nitrogen and oxygen atoms in total. The van der Waals surface area contributed by atoms with Crippen LogP contribution in [-0.4, -0.2) is 9.97 Å². The third-order valence-electron chi connectivity index (χ3n) is 4.97. The maximum atomic E-state index is 4.93. The van der Waals surface area contributed by atoms with Crippen molar-refractivity contribution in [1.82, 2.24) is 9.97 Å². The predicted octanol–water partition coefficient (Wildman–Crippen LogP) is 7.39. The van der Waals surface area contributed by atoms with Gasteiger partial charge < -0.3 is 0 Å². The molecule has 0 saturated heterocycles. The quantitative estimate of drug-likeness (QED) is 0.294. The van der Waals surface area contributed by atoms with Crippen molar-refractivity contribution in [3.8, 4) is 33.9 Å². The number of benzene rings is 4. The van der Waals surface area contributed by atoms with Crippen LogP contribution in [0.2, 0.25) is 0 Å². The van der Waals surface area contributed by atoms with Crippen LogP contribution in [0.3, 0.4) is 0 Å². The Bertz CT molecular complexity index is 1240. The summed E-state index contributed by atoms with van der Waals surface area (Å²) in [6.07, 6.45) is 0. The molecule has 0 bridgehead atoms. The molecule has 0 spiro atoms. The molecule has 0 amide bonds. The van der Waals surface area contributed by atoms with Crippen LogP contribution in [0, 0.1) is 0 Å². The van der Waals surface area contributed by atoms with Crippen molar-refractivity contribution < 1.29 is 0 Å². The van der Waals surface area contributed by atoms with Crippen LogP contribution < -0.4 is 0 Å². The minimum Gasteiger partial charge on any atom is -0.228 e. The van der Waals surface area contributed by atoms with E-state index in [9.17, 15) is 0 Å². The molecule has 1 heterocycles. The van der Waals surface area contributed by atoms with Crippen LogP contribution in [0.4, 0.5) is 0 Å². The highest BCUT2D eigenvalue weighted by molar-refractivity contribution is 9.10. The van der Waals surface area contributed by atoms with Crippen LogP contribution in [0.15, 0.2) is 108 Å². The number of fused-ring (bicyclic) bond motifs is 1. The standard InChI is InChI=1S/C26H17BrN2/c27-25-21-14-8-7-9-18(21)15-16-22(25)24-17-23(19-10-3-1-4-11-19)28-26(29-24)20-12-5-2-6-13-20/h1-17H. The highest BCUT2D eigenvalue weighted by Crippen LogP contribution is 2.35. The molecule has 0 radical (unpaired) electrons. The topological polar surface area (TPSA) is 25.8 Å². The lowest BCUT2D eigenvalue weighted by Gasteiger charge is -2.12. The first-order valence-corrected chi connectivity index (χ1v) is 10.3. The SMILES string of the molecule is Brc1c(-c2cc(-c3ccccc3)nc(-c3ccccc3)n2)ccc2ccccc12. The number of aromatic nitrogens is 2. The molecule has 0 N–H and O–H groups in total. The van der Waals surface area contributed by atoms with Crippen molar-refractivity contribution in [2.24, 2.45) is 0 Å². The van der Waals surface area contributed by atoms with Gasteiger partial charge in [-0.15, -0.1) is 0 Å². The van der Waals surface area contributed by atoms with Crippen molar-refractivity contribution in [2.45, 2.75) is 0 Å². The lowest BCUT2D eigenvalue weighted by atomic mass is 10.0. The summed E-state index contributed by atoms with van der Waals surface area (Å²) >= 11 is 3.82. The van der Waals surface area contributed by atoms with Gasteiger partial charge in [0.2, 0.25) is 0 Å². The molecule has 0 unspecified atom stereocenters. The molecule has 0 atom stereocenters. The molecule has 138 valence electrons. The zero-order chi connectivity index (χ0) is 19.6. The number of rotatable bonds is 3. The fourth-order valence-corrected chi connectivity index (χ4v) is 4.19. The first kappa shape index (κ1) is 17.8. The zero-order valence-corrected chi connectivity index (χ0v) is 17.2. The van der Waals surface area contributed by atoms with Gasteiger partial charge in [0.1, 0.15) is 0 Å². The molecule has 0 fully saturated rings. The normalized spacial score (nSPS) is 10.9. The molecule has 0 saturated carbocycles. The third-order valence-corrected chi connectivity index (χ3v) is 5.82. The summed E-state index contributed by atoms with van der Waals surface area (Å²) in [7, 11) is 0. The molecule has 4 aromatic carbocycles. The van der Waals surface area contributed by atoms with E-state index in [1.54, 1.807) is 0 Å². The van der Waals surface area contributed by atoms with Crippen molar-refractivity contribution in [2.75, 3.05) is 0 Å². The molecule has 29 heavy (non-hydrogen) atoms. The lowest BCUT2D eigenvalue weighted by Crippen LogP contribution is -1.96. The predicted molar refractivity (Wildman–Crippen MR) is 124 cm³/mol. The van der Waals surface area contributed by atoms with Crippen LogP contribution in [-0.2, 0) is 0 Å². The van der Waals surface area contributed by atoms with E-state index in [1.807, 2.05) is 48.5 Å². The van der Waals surface area contributed by atoms with Crippen LogP contribution >= 0.6 is 15.9 Å². The van der Waals surface area contributed by atoms with E-state index in [0.717, 1.165) is 38.4 Å². The van der Waals surface area contributed by atoms with Crippen LogP contribution in [0.25, 0.3) is 44.7 Å². The Kier molecular flexibility index (Phi) is 4.66. The van der Waals surface area contributed by atoms with Gasteiger partial charge in [0.25, 0.3) is 0 Å². The Balaban J connectivity index is 1.76. The Morgan fingerprint density at radius 1 is 0.552 bits per heavy atom. The van der Waals surface area contributed by atoms with Gasteiger partial charge in [-0.05, 0) is 32.8 Å². The Labute approximate surface area is 178 Å². The average molecular weight is 437 g/mol. The molecular weight excluding hydrogens is 420 g/mol.